The van der Waals surface area contributed by atoms with Crippen molar-refractivity contribution >= 4 is 17.4 Å². The summed E-state index contributed by atoms with van der Waals surface area (Å²) in [6.45, 7) is 10.4. The third-order valence-electron chi connectivity index (χ3n) is 5.63. The smallest absolute Gasteiger partial charge is 0.330 e. The highest BCUT2D eigenvalue weighted by Crippen LogP contribution is 2.20. The number of aromatic nitrogens is 2. The van der Waals surface area contributed by atoms with Crippen LogP contribution >= 0.6 is 0 Å². The van der Waals surface area contributed by atoms with Crippen LogP contribution in [-0.2, 0) is 22.5 Å². The lowest BCUT2D eigenvalue weighted by atomic mass is 10.1. The predicted octanol–water partition coefficient (Wildman–Crippen LogP) is 2.35. The van der Waals surface area contributed by atoms with Gasteiger partial charge in [0.25, 0.3) is 5.56 Å². The lowest BCUT2D eigenvalue weighted by molar-refractivity contribution is -0.120. The zero-order valence-electron chi connectivity index (χ0n) is 21.8. The molecule has 3 N–H and O–H groups in total. The average Bonchev–Trinajstić information content (AvgIpc) is 2.79. The molecule has 1 aromatic carbocycles. The van der Waals surface area contributed by atoms with E-state index in [0.29, 0.717) is 32.8 Å². The normalized spacial score (nSPS) is 11.5. The van der Waals surface area contributed by atoms with Crippen molar-refractivity contribution in [2.45, 2.75) is 47.1 Å². The van der Waals surface area contributed by atoms with E-state index in [1.165, 1.54) is 15.0 Å². The standard InChI is InChI=1S/C26H41N5O4/c1-19(2)16-30(23-24(27)31(17-20(3)4)26(34)28-25(23)33)22(32)18-29(14-15-35-5)13-9-12-21-10-7-6-8-11-21/h6-8,10-11,19-20H,9,12-18,27H2,1-5H3,(H,28,33,34). The Morgan fingerprint density at radius 1 is 1.09 bits per heavy atom. The Labute approximate surface area is 207 Å². The number of carbonyl (C=O) groups excluding carboxylic acids is 1. The van der Waals surface area contributed by atoms with Gasteiger partial charge in [-0.3, -0.25) is 24.0 Å². The molecular weight excluding hydrogens is 446 g/mol. The van der Waals surface area contributed by atoms with Crippen molar-refractivity contribution in [3.63, 3.8) is 0 Å². The maximum atomic E-state index is 13.6. The van der Waals surface area contributed by atoms with E-state index in [4.69, 9.17) is 10.5 Å². The number of hydrogen-bond acceptors (Lipinski definition) is 6. The van der Waals surface area contributed by atoms with Gasteiger partial charge in [0.15, 0.2) is 5.69 Å². The van der Waals surface area contributed by atoms with Crippen molar-refractivity contribution in [2.24, 2.45) is 11.8 Å². The summed E-state index contributed by atoms with van der Waals surface area (Å²) >= 11 is 0. The summed E-state index contributed by atoms with van der Waals surface area (Å²) in [4.78, 5) is 44.6. The number of anilines is 2. The molecule has 0 unspecified atom stereocenters. The highest BCUT2D eigenvalue weighted by atomic mass is 16.5. The van der Waals surface area contributed by atoms with Crippen molar-refractivity contribution in [3.8, 4) is 0 Å². The van der Waals surface area contributed by atoms with Gasteiger partial charge in [-0.1, -0.05) is 58.0 Å². The first kappa shape index (κ1) is 28.3. The monoisotopic (exact) mass is 487 g/mol. The number of methoxy groups -OCH3 is 1. The Kier molecular flexibility index (Phi) is 11.2. The fraction of sp³-hybridized carbons (Fsp3) is 0.577. The molecule has 1 aromatic heterocycles. The molecule has 0 spiro atoms. The number of nitrogens with two attached hydrogens (primary N) is 1. The lowest BCUT2D eigenvalue weighted by Gasteiger charge is -2.29. The van der Waals surface area contributed by atoms with Crippen molar-refractivity contribution in [3.05, 3.63) is 56.7 Å². The van der Waals surface area contributed by atoms with Gasteiger partial charge in [0.1, 0.15) is 5.82 Å². The molecule has 194 valence electrons. The number of hydrogen-bond donors (Lipinski definition) is 2. The first-order valence-corrected chi connectivity index (χ1v) is 12.3. The van der Waals surface area contributed by atoms with Gasteiger partial charge >= 0.3 is 5.69 Å². The Bertz CT molecular complexity index is 1050. The fourth-order valence-corrected chi connectivity index (χ4v) is 3.99. The summed E-state index contributed by atoms with van der Waals surface area (Å²) in [6, 6.07) is 10.2. The molecule has 0 radical (unpaired) electrons. The fourth-order valence-electron chi connectivity index (χ4n) is 3.99. The Balaban J connectivity index is 2.28. The van der Waals surface area contributed by atoms with Gasteiger partial charge in [0.05, 0.1) is 13.2 Å². The number of rotatable bonds is 14. The summed E-state index contributed by atoms with van der Waals surface area (Å²) in [6.07, 6.45) is 1.79. The molecule has 2 aromatic rings. The SMILES string of the molecule is COCCN(CCCc1ccccc1)CC(=O)N(CC(C)C)c1c(N)n(CC(C)C)c(=O)[nH]c1=O. The molecule has 0 bridgehead atoms. The third kappa shape index (κ3) is 8.67. The number of ether oxygens (including phenoxy) is 1. The molecule has 35 heavy (non-hydrogen) atoms. The van der Waals surface area contributed by atoms with Crippen molar-refractivity contribution in [2.75, 3.05) is 50.5 Å². The highest BCUT2D eigenvalue weighted by Gasteiger charge is 2.26. The van der Waals surface area contributed by atoms with Crippen LogP contribution in [0.15, 0.2) is 39.9 Å². The van der Waals surface area contributed by atoms with Crippen LogP contribution in [0.5, 0.6) is 0 Å². The van der Waals surface area contributed by atoms with Gasteiger partial charge < -0.3 is 15.4 Å². The van der Waals surface area contributed by atoms with E-state index >= 15 is 0 Å². The molecule has 1 amide bonds. The Morgan fingerprint density at radius 2 is 1.77 bits per heavy atom. The molecule has 9 nitrogen and oxygen atoms in total. The van der Waals surface area contributed by atoms with Crippen LogP contribution in [0.1, 0.15) is 39.7 Å². The van der Waals surface area contributed by atoms with Crippen LogP contribution in [0.25, 0.3) is 0 Å². The van der Waals surface area contributed by atoms with Crippen LogP contribution in [-0.4, -0.2) is 60.3 Å². The maximum absolute atomic E-state index is 13.6. The van der Waals surface area contributed by atoms with E-state index in [9.17, 15) is 14.4 Å². The summed E-state index contributed by atoms with van der Waals surface area (Å²) in [5, 5.41) is 0. The molecular formula is C26H41N5O4. The first-order chi connectivity index (χ1) is 16.6. The number of aromatic amines is 1. The highest BCUT2D eigenvalue weighted by molar-refractivity contribution is 5.96. The van der Waals surface area contributed by atoms with Crippen molar-refractivity contribution < 1.29 is 9.53 Å². The molecule has 0 aliphatic carbocycles. The second kappa shape index (κ2) is 13.8. The number of nitrogens with zero attached hydrogens (tertiary/aromatic N) is 3. The molecule has 2 rings (SSSR count). The zero-order valence-corrected chi connectivity index (χ0v) is 21.8. The van der Waals surface area contributed by atoms with Gasteiger partial charge in [-0.2, -0.15) is 0 Å². The topological polar surface area (TPSA) is 114 Å². The van der Waals surface area contributed by atoms with Crippen LogP contribution in [0.3, 0.4) is 0 Å². The van der Waals surface area contributed by atoms with Gasteiger partial charge in [-0.05, 0) is 36.8 Å². The molecule has 0 atom stereocenters. The molecule has 0 saturated heterocycles. The second-order valence-electron chi connectivity index (χ2n) is 9.75. The summed E-state index contributed by atoms with van der Waals surface area (Å²) in [7, 11) is 1.63. The number of H-pyrrole nitrogens is 1. The van der Waals surface area contributed by atoms with Crippen molar-refractivity contribution in [1.82, 2.24) is 14.5 Å². The van der Waals surface area contributed by atoms with E-state index in [0.717, 1.165) is 12.8 Å². The predicted molar refractivity (Wildman–Crippen MR) is 141 cm³/mol. The Hall–Kier alpha value is -2.91. The quantitative estimate of drug-likeness (QED) is 0.423. The minimum Gasteiger partial charge on any atom is -0.383 e. The summed E-state index contributed by atoms with van der Waals surface area (Å²) < 4.78 is 6.59. The van der Waals surface area contributed by atoms with E-state index in [-0.39, 0.29) is 35.8 Å². The van der Waals surface area contributed by atoms with Crippen LogP contribution < -0.4 is 21.9 Å². The van der Waals surface area contributed by atoms with Crippen LogP contribution in [0, 0.1) is 11.8 Å². The third-order valence-corrected chi connectivity index (χ3v) is 5.63. The lowest BCUT2D eigenvalue weighted by Crippen LogP contribution is -2.47. The molecule has 0 aliphatic rings. The second-order valence-corrected chi connectivity index (χ2v) is 9.75. The van der Waals surface area contributed by atoms with Gasteiger partial charge in [-0.15, -0.1) is 0 Å². The van der Waals surface area contributed by atoms with E-state index in [1.807, 2.05) is 50.8 Å². The summed E-state index contributed by atoms with van der Waals surface area (Å²) in [5.74, 6) is 0.0151. The van der Waals surface area contributed by atoms with E-state index in [2.05, 4.69) is 17.1 Å². The molecule has 1 heterocycles. The van der Waals surface area contributed by atoms with Gasteiger partial charge in [0.2, 0.25) is 5.91 Å². The summed E-state index contributed by atoms with van der Waals surface area (Å²) in [5.41, 5.74) is 6.40. The molecule has 0 fully saturated rings. The van der Waals surface area contributed by atoms with Gasteiger partial charge in [-0.25, -0.2) is 4.79 Å². The number of benzene rings is 1. The van der Waals surface area contributed by atoms with Crippen molar-refractivity contribution in [1.29, 1.82) is 0 Å². The maximum Gasteiger partial charge on any atom is 0.330 e. The number of nitrogen functional groups attached to an aromatic ring is 1. The number of amides is 1. The number of nitrogens with one attached hydrogen (secondary N) is 1. The molecule has 0 saturated carbocycles. The molecule has 9 heteroatoms. The number of aryl methyl sites for hydroxylation is 1. The van der Waals surface area contributed by atoms with Crippen LogP contribution in [0.4, 0.5) is 11.5 Å². The zero-order chi connectivity index (χ0) is 26.0. The van der Waals surface area contributed by atoms with E-state index < -0.39 is 11.2 Å². The number of carbonyl (C=O) groups is 1. The van der Waals surface area contributed by atoms with Crippen LogP contribution in [0.2, 0.25) is 0 Å². The average molecular weight is 488 g/mol. The largest absolute Gasteiger partial charge is 0.383 e. The Morgan fingerprint density at radius 3 is 2.37 bits per heavy atom. The van der Waals surface area contributed by atoms with E-state index in [1.54, 1.807) is 7.11 Å². The van der Waals surface area contributed by atoms with Gasteiger partial charge in [0, 0.05) is 26.7 Å². The minimum atomic E-state index is -0.644. The molecule has 0 aliphatic heterocycles. The first-order valence-electron chi connectivity index (χ1n) is 12.3. The minimum absolute atomic E-state index is 0.0222.